The highest BCUT2D eigenvalue weighted by molar-refractivity contribution is 7.16. The molecule has 0 bridgehead atoms. The fourth-order valence-corrected chi connectivity index (χ4v) is 3.39. The lowest BCUT2D eigenvalue weighted by molar-refractivity contribution is 0.125. The molecule has 3 heterocycles. The molecular weight excluding hydrogens is 274 g/mol. The minimum Gasteiger partial charge on any atom is -0.396 e. The summed E-state index contributed by atoms with van der Waals surface area (Å²) >= 11 is 1.60. The second kappa shape index (κ2) is 6.01. The number of hydrazine groups is 1. The Labute approximate surface area is 121 Å². The van der Waals surface area contributed by atoms with Crippen molar-refractivity contribution < 1.29 is 5.11 Å². The molecule has 2 aromatic rings. The SMILES string of the molecule is NNc1nc(CN2CCC(CO)CC2)nc2sccc12. The van der Waals surface area contributed by atoms with Gasteiger partial charge in [-0.05, 0) is 43.3 Å². The number of nitrogens with zero attached hydrogens (tertiary/aromatic N) is 3. The summed E-state index contributed by atoms with van der Waals surface area (Å²) in [6.45, 7) is 3.01. The molecule has 7 heteroatoms. The normalized spacial score (nSPS) is 17.7. The summed E-state index contributed by atoms with van der Waals surface area (Å²) in [7, 11) is 0. The largest absolute Gasteiger partial charge is 0.396 e. The highest BCUT2D eigenvalue weighted by atomic mass is 32.1. The molecule has 3 rings (SSSR count). The van der Waals surface area contributed by atoms with Gasteiger partial charge in [0.25, 0.3) is 0 Å². The van der Waals surface area contributed by atoms with Crippen molar-refractivity contribution in [3.8, 4) is 0 Å². The zero-order valence-electron chi connectivity index (χ0n) is 11.2. The molecule has 0 aromatic carbocycles. The van der Waals surface area contributed by atoms with E-state index >= 15 is 0 Å². The van der Waals surface area contributed by atoms with Crippen LogP contribution in [0.1, 0.15) is 18.7 Å². The number of nitrogen functional groups attached to an aromatic ring is 1. The molecule has 0 radical (unpaired) electrons. The number of anilines is 1. The third-order valence-electron chi connectivity index (χ3n) is 3.84. The third-order valence-corrected chi connectivity index (χ3v) is 4.65. The fraction of sp³-hybridized carbons (Fsp3) is 0.538. The first-order valence-electron chi connectivity index (χ1n) is 6.84. The summed E-state index contributed by atoms with van der Waals surface area (Å²) in [6, 6.07) is 1.98. The van der Waals surface area contributed by atoms with Gasteiger partial charge >= 0.3 is 0 Å². The van der Waals surface area contributed by atoms with Crippen LogP contribution in [-0.4, -0.2) is 39.7 Å². The Morgan fingerprint density at radius 2 is 2.20 bits per heavy atom. The predicted octanol–water partition coefficient (Wildman–Crippen LogP) is 1.18. The van der Waals surface area contributed by atoms with Crippen LogP contribution in [-0.2, 0) is 6.54 Å². The molecule has 0 atom stereocenters. The van der Waals surface area contributed by atoms with E-state index in [0.29, 0.717) is 18.3 Å². The van der Waals surface area contributed by atoms with Crippen LogP contribution in [0, 0.1) is 5.92 Å². The first-order chi connectivity index (χ1) is 9.80. The van der Waals surface area contributed by atoms with Crippen molar-refractivity contribution in [2.45, 2.75) is 19.4 Å². The summed E-state index contributed by atoms with van der Waals surface area (Å²) in [4.78, 5) is 12.4. The standard InChI is InChI=1S/C13H19N5OS/c14-17-12-10-3-6-20-13(10)16-11(15-12)7-18-4-1-9(8-19)2-5-18/h3,6,9,19H,1-2,4-5,7-8,14H2,(H,15,16,17). The number of nitrogens with one attached hydrogen (secondary N) is 1. The van der Waals surface area contributed by atoms with Crippen LogP contribution in [0.4, 0.5) is 5.82 Å². The number of rotatable bonds is 4. The fourth-order valence-electron chi connectivity index (χ4n) is 2.61. The van der Waals surface area contributed by atoms with Crippen molar-refractivity contribution in [2.75, 3.05) is 25.1 Å². The van der Waals surface area contributed by atoms with Crippen LogP contribution in [0.15, 0.2) is 11.4 Å². The first-order valence-corrected chi connectivity index (χ1v) is 7.72. The van der Waals surface area contributed by atoms with Crippen LogP contribution < -0.4 is 11.3 Å². The van der Waals surface area contributed by atoms with E-state index in [-0.39, 0.29) is 0 Å². The van der Waals surface area contributed by atoms with Crippen LogP contribution in [0.5, 0.6) is 0 Å². The van der Waals surface area contributed by atoms with Gasteiger partial charge in [-0.2, -0.15) is 0 Å². The van der Waals surface area contributed by atoms with Gasteiger partial charge in [0.15, 0.2) is 5.82 Å². The van der Waals surface area contributed by atoms with Crippen molar-refractivity contribution in [3.05, 3.63) is 17.3 Å². The smallest absolute Gasteiger partial charge is 0.152 e. The summed E-state index contributed by atoms with van der Waals surface area (Å²) in [6.07, 6.45) is 2.08. The molecule has 2 aromatic heterocycles. The first kappa shape index (κ1) is 13.7. The molecule has 0 saturated carbocycles. The Morgan fingerprint density at radius 3 is 2.90 bits per heavy atom. The molecule has 1 fully saturated rings. The van der Waals surface area contributed by atoms with Crippen LogP contribution in [0.25, 0.3) is 10.2 Å². The number of hydrogen-bond donors (Lipinski definition) is 3. The van der Waals surface area contributed by atoms with Crippen molar-refractivity contribution >= 4 is 27.4 Å². The maximum absolute atomic E-state index is 9.17. The zero-order chi connectivity index (χ0) is 13.9. The Hall–Kier alpha value is -1.28. The molecule has 1 aliphatic heterocycles. The Balaban J connectivity index is 1.74. The van der Waals surface area contributed by atoms with Crippen LogP contribution in [0.3, 0.4) is 0 Å². The Morgan fingerprint density at radius 1 is 1.40 bits per heavy atom. The van der Waals surface area contributed by atoms with E-state index in [1.807, 2.05) is 11.4 Å². The number of aliphatic hydroxyl groups excluding tert-OH is 1. The monoisotopic (exact) mass is 293 g/mol. The topological polar surface area (TPSA) is 87.3 Å². The maximum atomic E-state index is 9.17. The van der Waals surface area contributed by atoms with Gasteiger partial charge in [0.2, 0.25) is 0 Å². The van der Waals surface area contributed by atoms with Gasteiger partial charge in [-0.3, -0.25) is 4.90 Å². The molecule has 1 aliphatic rings. The van der Waals surface area contributed by atoms with Crippen molar-refractivity contribution in [1.29, 1.82) is 0 Å². The minimum absolute atomic E-state index is 0.298. The molecule has 6 nitrogen and oxygen atoms in total. The predicted molar refractivity (Wildman–Crippen MR) is 80.3 cm³/mol. The molecular formula is C13H19N5OS. The summed E-state index contributed by atoms with van der Waals surface area (Å²) in [5.41, 5.74) is 2.65. The number of likely N-dealkylation sites (tertiary alicyclic amines) is 1. The van der Waals surface area contributed by atoms with Crippen LogP contribution >= 0.6 is 11.3 Å². The number of aliphatic hydroxyl groups is 1. The number of hydrogen-bond acceptors (Lipinski definition) is 7. The van der Waals surface area contributed by atoms with Crippen LogP contribution in [0.2, 0.25) is 0 Å². The van der Waals surface area contributed by atoms with Gasteiger partial charge < -0.3 is 10.5 Å². The highest BCUT2D eigenvalue weighted by Crippen LogP contribution is 2.25. The number of aromatic nitrogens is 2. The van der Waals surface area contributed by atoms with Gasteiger partial charge in [-0.15, -0.1) is 11.3 Å². The van der Waals surface area contributed by atoms with Crippen molar-refractivity contribution in [1.82, 2.24) is 14.9 Å². The van der Waals surface area contributed by atoms with E-state index in [1.54, 1.807) is 11.3 Å². The highest BCUT2D eigenvalue weighted by Gasteiger charge is 2.19. The minimum atomic E-state index is 0.298. The summed E-state index contributed by atoms with van der Waals surface area (Å²) in [5.74, 6) is 7.48. The Kier molecular flexibility index (Phi) is 4.11. The molecule has 1 saturated heterocycles. The lowest BCUT2D eigenvalue weighted by atomic mass is 9.98. The van der Waals surface area contributed by atoms with Gasteiger partial charge in [0.1, 0.15) is 10.7 Å². The molecule has 0 amide bonds. The number of fused-ring (bicyclic) bond motifs is 1. The Bertz CT molecular complexity index is 579. The van der Waals surface area contributed by atoms with E-state index in [0.717, 1.165) is 48.5 Å². The quantitative estimate of drug-likeness (QED) is 0.579. The summed E-state index contributed by atoms with van der Waals surface area (Å²) < 4.78 is 0. The molecule has 20 heavy (non-hydrogen) atoms. The van der Waals surface area contributed by atoms with Crippen molar-refractivity contribution in [2.24, 2.45) is 11.8 Å². The van der Waals surface area contributed by atoms with Crippen molar-refractivity contribution in [3.63, 3.8) is 0 Å². The second-order valence-electron chi connectivity index (χ2n) is 5.17. The number of thiophene rings is 1. The molecule has 0 aliphatic carbocycles. The number of nitrogens with two attached hydrogens (primary N) is 1. The second-order valence-corrected chi connectivity index (χ2v) is 6.07. The average molecular weight is 293 g/mol. The average Bonchev–Trinajstić information content (AvgIpc) is 2.95. The number of piperidine rings is 1. The van der Waals surface area contributed by atoms with Gasteiger partial charge in [-0.1, -0.05) is 0 Å². The van der Waals surface area contributed by atoms with E-state index < -0.39 is 0 Å². The maximum Gasteiger partial charge on any atom is 0.152 e. The zero-order valence-corrected chi connectivity index (χ0v) is 12.1. The lowest BCUT2D eigenvalue weighted by Gasteiger charge is -2.30. The van der Waals surface area contributed by atoms with Gasteiger partial charge in [-0.25, -0.2) is 15.8 Å². The lowest BCUT2D eigenvalue weighted by Crippen LogP contribution is -2.34. The van der Waals surface area contributed by atoms with E-state index in [9.17, 15) is 0 Å². The van der Waals surface area contributed by atoms with Gasteiger partial charge in [0, 0.05) is 6.61 Å². The third kappa shape index (κ3) is 2.76. The molecule has 0 spiro atoms. The van der Waals surface area contributed by atoms with E-state index in [2.05, 4.69) is 20.3 Å². The molecule has 0 unspecified atom stereocenters. The molecule has 4 N–H and O–H groups in total. The van der Waals surface area contributed by atoms with Gasteiger partial charge in [0.05, 0.1) is 11.9 Å². The molecule has 108 valence electrons. The summed E-state index contributed by atoms with van der Waals surface area (Å²) in [5, 5.41) is 12.1. The van der Waals surface area contributed by atoms with E-state index in [4.69, 9.17) is 10.9 Å². The van der Waals surface area contributed by atoms with E-state index in [1.165, 1.54) is 0 Å².